The van der Waals surface area contributed by atoms with Crippen molar-refractivity contribution in [1.29, 1.82) is 0 Å². The summed E-state index contributed by atoms with van der Waals surface area (Å²) < 4.78 is 4.21. The number of aromatic nitrogens is 6. The number of amides is 1. The van der Waals surface area contributed by atoms with Gasteiger partial charge in [0.15, 0.2) is 0 Å². The summed E-state index contributed by atoms with van der Waals surface area (Å²) in [6.07, 6.45) is 4.41. The highest BCUT2D eigenvalue weighted by Gasteiger charge is 2.16. The van der Waals surface area contributed by atoms with Crippen LogP contribution in [0, 0.1) is 0 Å². The molecule has 1 amide bonds. The van der Waals surface area contributed by atoms with Crippen LogP contribution in [0.5, 0.6) is 0 Å². The van der Waals surface area contributed by atoms with Crippen molar-refractivity contribution < 1.29 is 4.79 Å². The van der Waals surface area contributed by atoms with E-state index in [9.17, 15) is 9.59 Å². The monoisotopic (exact) mass is 277 g/mol. The van der Waals surface area contributed by atoms with E-state index in [1.54, 1.807) is 7.05 Å². The van der Waals surface area contributed by atoms with E-state index in [4.69, 9.17) is 0 Å². The lowest BCUT2D eigenvalue weighted by Crippen LogP contribution is -2.29. The molecule has 1 N–H and O–H groups in total. The lowest BCUT2D eigenvalue weighted by molar-refractivity contribution is -0.117. The van der Waals surface area contributed by atoms with E-state index in [-0.39, 0.29) is 24.1 Å². The molecule has 9 heteroatoms. The second-order valence-electron chi connectivity index (χ2n) is 4.76. The number of aryl methyl sites for hydroxylation is 3. The van der Waals surface area contributed by atoms with Gasteiger partial charge in [0.05, 0.1) is 0 Å². The predicted octanol–water partition coefficient (Wildman–Crippen LogP) is -0.852. The van der Waals surface area contributed by atoms with Crippen LogP contribution in [-0.2, 0) is 31.4 Å². The Kier molecular flexibility index (Phi) is 3.09. The quantitative estimate of drug-likeness (QED) is 0.787. The Bertz CT molecular complexity index is 672. The van der Waals surface area contributed by atoms with E-state index in [0.29, 0.717) is 0 Å². The first-order chi connectivity index (χ1) is 9.63. The first kappa shape index (κ1) is 12.6. The van der Waals surface area contributed by atoms with Gasteiger partial charge in [0.2, 0.25) is 11.9 Å². The average Bonchev–Trinajstić information content (AvgIpc) is 2.96. The van der Waals surface area contributed by atoms with Crippen molar-refractivity contribution >= 4 is 11.9 Å². The molecule has 2 aromatic heterocycles. The van der Waals surface area contributed by atoms with Crippen LogP contribution in [0.3, 0.4) is 0 Å². The highest BCUT2D eigenvalue weighted by atomic mass is 16.2. The summed E-state index contributed by atoms with van der Waals surface area (Å²) >= 11 is 0. The SMILES string of the molecule is Cn1cnn(CC(=O)Nc2nc3n(n2)CCCC3)c1=O. The minimum Gasteiger partial charge on any atom is -0.292 e. The molecule has 20 heavy (non-hydrogen) atoms. The topological polar surface area (TPSA) is 99.6 Å². The van der Waals surface area contributed by atoms with Gasteiger partial charge in [-0.25, -0.2) is 14.2 Å². The molecule has 0 saturated heterocycles. The Morgan fingerprint density at radius 2 is 2.30 bits per heavy atom. The number of anilines is 1. The van der Waals surface area contributed by atoms with Crippen LogP contribution in [0.2, 0.25) is 0 Å². The smallest absolute Gasteiger partial charge is 0.292 e. The van der Waals surface area contributed by atoms with Crippen molar-refractivity contribution in [2.24, 2.45) is 7.05 Å². The van der Waals surface area contributed by atoms with Gasteiger partial charge in [-0.3, -0.25) is 14.7 Å². The number of hydrogen-bond acceptors (Lipinski definition) is 5. The summed E-state index contributed by atoms with van der Waals surface area (Å²) in [5, 5.41) is 10.6. The summed E-state index contributed by atoms with van der Waals surface area (Å²) in [6, 6.07) is 0. The molecular weight excluding hydrogens is 262 g/mol. The second-order valence-corrected chi connectivity index (χ2v) is 4.76. The van der Waals surface area contributed by atoms with Gasteiger partial charge in [0, 0.05) is 20.0 Å². The van der Waals surface area contributed by atoms with E-state index >= 15 is 0 Å². The van der Waals surface area contributed by atoms with Crippen molar-refractivity contribution in [2.45, 2.75) is 32.4 Å². The van der Waals surface area contributed by atoms with Gasteiger partial charge in [-0.1, -0.05) is 0 Å². The van der Waals surface area contributed by atoms with Gasteiger partial charge in [-0.05, 0) is 12.8 Å². The molecule has 0 spiro atoms. The molecule has 9 nitrogen and oxygen atoms in total. The maximum Gasteiger partial charge on any atom is 0.345 e. The van der Waals surface area contributed by atoms with E-state index in [1.165, 1.54) is 10.9 Å². The van der Waals surface area contributed by atoms with Gasteiger partial charge in [0.25, 0.3) is 0 Å². The second kappa shape index (κ2) is 4.91. The fourth-order valence-corrected chi connectivity index (χ4v) is 2.17. The standard InChI is InChI=1S/C11H15N7O2/c1-16-7-12-18(11(16)20)6-9(19)14-10-13-8-4-2-3-5-17(8)15-10/h7H,2-6H2,1H3,(H,14,15,19). The van der Waals surface area contributed by atoms with E-state index in [0.717, 1.165) is 36.3 Å². The average molecular weight is 277 g/mol. The Balaban J connectivity index is 1.68. The Morgan fingerprint density at radius 3 is 3.00 bits per heavy atom. The van der Waals surface area contributed by atoms with Crippen molar-refractivity contribution in [3.8, 4) is 0 Å². The third-order valence-corrected chi connectivity index (χ3v) is 3.20. The number of carbonyl (C=O) groups is 1. The molecule has 1 aliphatic heterocycles. The molecule has 0 saturated carbocycles. The molecule has 0 fully saturated rings. The summed E-state index contributed by atoms with van der Waals surface area (Å²) in [7, 11) is 1.58. The summed E-state index contributed by atoms with van der Waals surface area (Å²) in [4.78, 5) is 27.7. The first-order valence-electron chi connectivity index (χ1n) is 6.45. The Hall–Kier alpha value is -2.45. The van der Waals surface area contributed by atoms with Crippen LogP contribution in [0.15, 0.2) is 11.1 Å². The minimum atomic E-state index is -0.367. The molecular formula is C11H15N7O2. The Labute approximate surface area is 114 Å². The molecule has 0 aromatic carbocycles. The highest BCUT2D eigenvalue weighted by molar-refractivity contribution is 5.88. The van der Waals surface area contributed by atoms with Gasteiger partial charge in [0.1, 0.15) is 18.7 Å². The molecule has 106 valence electrons. The van der Waals surface area contributed by atoms with Gasteiger partial charge < -0.3 is 0 Å². The maximum absolute atomic E-state index is 11.8. The molecule has 1 aliphatic rings. The molecule has 2 aromatic rings. The van der Waals surface area contributed by atoms with Crippen LogP contribution in [-0.4, -0.2) is 35.0 Å². The molecule has 0 bridgehead atoms. The fraction of sp³-hybridized carbons (Fsp3) is 0.545. The maximum atomic E-state index is 11.8. The van der Waals surface area contributed by atoms with Crippen molar-refractivity contribution in [3.63, 3.8) is 0 Å². The van der Waals surface area contributed by atoms with Crippen molar-refractivity contribution in [3.05, 3.63) is 22.6 Å². The van der Waals surface area contributed by atoms with Crippen LogP contribution in [0.1, 0.15) is 18.7 Å². The van der Waals surface area contributed by atoms with E-state index in [2.05, 4.69) is 20.5 Å². The molecule has 0 atom stereocenters. The van der Waals surface area contributed by atoms with E-state index < -0.39 is 0 Å². The summed E-state index contributed by atoms with van der Waals surface area (Å²) in [5.74, 6) is 0.811. The first-order valence-corrected chi connectivity index (χ1v) is 6.45. The van der Waals surface area contributed by atoms with E-state index in [1.807, 2.05) is 4.68 Å². The summed E-state index contributed by atoms with van der Waals surface area (Å²) in [5.41, 5.74) is -0.336. The fourth-order valence-electron chi connectivity index (χ4n) is 2.17. The molecule has 3 heterocycles. The Morgan fingerprint density at radius 1 is 1.45 bits per heavy atom. The number of rotatable bonds is 3. The zero-order valence-corrected chi connectivity index (χ0v) is 11.1. The zero-order valence-electron chi connectivity index (χ0n) is 11.1. The highest BCUT2D eigenvalue weighted by Crippen LogP contribution is 2.13. The lowest BCUT2D eigenvalue weighted by Gasteiger charge is -2.09. The molecule has 3 rings (SSSR count). The van der Waals surface area contributed by atoms with Crippen LogP contribution in [0.4, 0.5) is 5.95 Å². The zero-order chi connectivity index (χ0) is 14.1. The predicted molar refractivity (Wildman–Crippen MR) is 69.1 cm³/mol. The largest absolute Gasteiger partial charge is 0.345 e. The minimum absolute atomic E-state index is 0.149. The number of nitrogens with one attached hydrogen (secondary N) is 1. The normalized spacial score (nSPS) is 14.1. The number of hydrogen-bond donors (Lipinski definition) is 1. The van der Waals surface area contributed by atoms with Gasteiger partial charge in [-0.15, -0.1) is 5.10 Å². The molecule has 0 radical (unpaired) electrons. The van der Waals surface area contributed by atoms with Crippen LogP contribution >= 0.6 is 0 Å². The van der Waals surface area contributed by atoms with Gasteiger partial charge in [-0.2, -0.15) is 10.1 Å². The lowest BCUT2D eigenvalue weighted by atomic mass is 10.2. The summed E-state index contributed by atoms with van der Waals surface area (Å²) in [6.45, 7) is 0.682. The van der Waals surface area contributed by atoms with Crippen LogP contribution < -0.4 is 11.0 Å². The number of nitrogens with zero attached hydrogens (tertiary/aromatic N) is 6. The van der Waals surface area contributed by atoms with Crippen molar-refractivity contribution in [1.82, 2.24) is 29.1 Å². The van der Waals surface area contributed by atoms with Crippen LogP contribution in [0.25, 0.3) is 0 Å². The molecule has 0 unspecified atom stereocenters. The molecule has 0 aliphatic carbocycles. The van der Waals surface area contributed by atoms with Gasteiger partial charge >= 0.3 is 5.69 Å². The number of carbonyl (C=O) groups excluding carboxylic acids is 1. The van der Waals surface area contributed by atoms with Crippen molar-refractivity contribution in [2.75, 3.05) is 5.32 Å². The number of fused-ring (bicyclic) bond motifs is 1. The third kappa shape index (κ3) is 2.33. The third-order valence-electron chi connectivity index (χ3n) is 3.20.